The molecule has 1 amide bonds. The number of nitrogens with one attached hydrogen (secondary N) is 1. The quantitative estimate of drug-likeness (QED) is 0.887. The van der Waals surface area contributed by atoms with Gasteiger partial charge >= 0.3 is 0 Å². The molecule has 138 valence electrons. The Kier molecular flexibility index (Phi) is 5.38. The first kappa shape index (κ1) is 18.5. The molecule has 1 saturated heterocycles. The molecular formula is C19H21FN2O3S. The van der Waals surface area contributed by atoms with Gasteiger partial charge in [0, 0.05) is 24.3 Å². The summed E-state index contributed by atoms with van der Waals surface area (Å²) in [5.74, 6) is -0.892. The van der Waals surface area contributed by atoms with E-state index in [4.69, 9.17) is 0 Å². The molecule has 0 atom stereocenters. The number of benzene rings is 2. The minimum atomic E-state index is -3.50. The lowest BCUT2D eigenvalue weighted by molar-refractivity contribution is 0.102. The van der Waals surface area contributed by atoms with Gasteiger partial charge < -0.3 is 5.32 Å². The molecular weight excluding hydrogens is 355 g/mol. The third kappa shape index (κ3) is 3.94. The van der Waals surface area contributed by atoms with E-state index in [1.54, 1.807) is 31.2 Å². The van der Waals surface area contributed by atoms with Crippen LogP contribution in [0.1, 0.15) is 35.2 Å². The van der Waals surface area contributed by atoms with Crippen LogP contribution < -0.4 is 5.32 Å². The van der Waals surface area contributed by atoms with Gasteiger partial charge in [0.15, 0.2) is 0 Å². The van der Waals surface area contributed by atoms with Crippen LogP contribution in [0, 0.1) is 12.7 Å². The molecule has 0 spiro atoms. The highest BCUT2D eigenvalue weighted by Crippen LogP contribution is 2.22. The van der Waals surface area contributed by atoms with E-state index in [1.165, 1.54) is 22.5 Å². The first-order chi connectivity index (χ1) is 12.4. The molecule has 1 fully saturated rings. The number of hydrogen-bond donors (Lipinski definition) is 1. The Hall–Kier alpha value is -2.25. The molecule has 26 heavy (non-hydrogen) atoms. The number of rotatable bonds is 4. The van der Waals surface area contributed by atoms with Gasteiger partial charge in [-0.25, -0.2) is 12.8 Å². The van der Waals surface area contributed by atoms with Crippen molar-refractivity contribution in [1.29, 1.82) is 0 Å². The summed E-state index contributed by atoms with van der Waals surface area (Å²) in [6.45, 7) is 2.71. The lowest BCUT2D eigenvalue weighted by Gasteiger charge is -2.25. The van der Waals surface area contributed by atoms with Gasteiger partial charge in [-0.05, 0) is 61.7 Å². The highest BCUT2D eigenvalue weighted by Gasteiger charge is 2.25. The van der Waals surface area contributed by atoms with Crippen LogP contribution in [0.3, 0.4) is 0 Å². The summed E-state index contributed by atoms with van der Waals surface area (Å²) >= 11 is 0. The highest BCUT2D eigenvalue weighted by molar-refractivity contribution is 7.89. The normalized spacial score (nSPS) is 15.6. The predicted octanol–water partition coefficient (Wildman–Crippen LogP) is 3.56. The van der Waals surface area contributed by atoms with E-state index in [9.17, 15) is 17.6 Å². The van der Waals surface area contributed by atoms with E-state index in [-0.39, 0.29) is 10.5 Å². The summed E-state index contributed by atoms with van der Waals surface area (Å²) in [6, 6.07) is 10.3. The molecule has 5 nitrogen and oxygen atoms in total. The average Bonchev–Trinajstić information content (AvgIpc) is 2.65. The van der Waals surface area contributed by atoms with E-state index in [2.05, 4.69) is 5.32 Å². The molecule has 2 aromatic rings. The maximum atomic E-state index is 13.6. The van der Waals surface area contributed by atoms with Gasteiger partial charge in [-0.3, -0.25) is 4.79 Å². The first-order valence-electron chi connectivity index (χ1n) is 8.55. The summed E-state index contributed by atoms with van der Waals surface area (Å²) < 4.78 is 40.3. The number of hydrogen-bond acceptors (Lipinski definition) is 3. The topological polar surface area (TPSA) is 66.5 Å². The Morgan fingerprint density at radius 1 is 1.04 bits per heavy atom. The molecule has 1 N–H and O–H groups in total. The zero-order valence-electron chi connectivity index (χ0n) is 14.5. The molecule has 1 heterocycles. The van der Waals surface area contributed by atoms with Crippen molar-refractivity contribution in [2.75, 3.05) is 18.4 Å². The number of halogens is 1. The lowest BCUT2D eigenvalue weighted by Crippen LogP contribution is -2.35. The van der Waals surface area contributed by atoms with Crippen molar-refractivity contribution in [3.05, 3.63) is 59.4 Å². The van der Waals surface area contributed by atoms with Gasteiger partial charge in [0.2, 0.25) is 10.0 Å². The summed E-state index contributed by atoms with van der Waals surface area (Å²) in [4.78, 5) is 12.4. The molecule has 0 saturated carbocycles. The number of anilines is 1. The number of aryl methyl sites for hydroxylation is 1. The summed E-state index contributed by atoms with van der Waals surface area (Å²) in [6.07, 6.45) is 2.80. The van der Waals surface area contributed by atoms with E-state index in [0.29, 0.717) is 24.3 Å². The maximum Gasteiger partial charge on any atom is 0.255 e. The third-order valence-electron chi connectivity index (χ3n) is 4.50. The molecule has 3 rings (SSSR count). The highest BCUT2D eigenvalue weighted by atomic mass is 32.2. The van der Waals surface area contributed by atoms with Crippen molar-refractivity contribution in [2.24, 2.45) is 0 Å². The molecule has 0 radical (unpaired) electrons. The van der Waals surface area contributed by atoms with Gasteiger partial charge in [0.05, 0.1) is 4.90 Å². The van der Waals surface area contributed by atoms with Crippen molar-refractivity contribution < 1.29 is 17.6 Å². The van der Waals surface area contributed by atoms with Crippen LogP contribution in [0.15, 0.2) is 47.4 Å². The minimum absolute atomic E-state index is 0.207. The second-order valence-electron chi connectivity index (χ2n) is 6.41. The van der Waals surface area contributed by atoms with Gasteiger partial charge in [-0.2, -0.15) is 4.31 Å². The van der Waals surface area contributed by atoms with Crippen LogP contribution in [0.25, 0.3) is 0 Å². The number of sulfonamides is 1. The van der Waals surface area contributed by atoms with Crippen molar-refractivity contribution in [2.45, 2.75) is 31.1 Å². The van der Waals surface area contributed by atoms with Gasteiger partial charge in [0.1, 0.15) is 5.82 Å². The smallest absolute Gasteiger partial charge is 0.255 e. The van der Waals surface area contributed by atoms with Crippen LogP contribution in [-0.4, -0.2) is 31.7 Å². The predicted molar refractivity (Wildman–Crippen MR) is 98.1 cm³/mol. The monoisotopic (exact) mass is 376 g/mol. The third-order valence-corrected chi connectivity index (χ3v) is 6.41. The zero-order chi connectivity index (χ0) is 18.7. The summed E-state index contributed by atoms with van der Waals surface area (Å²) in [5, 5.41) is 2.65. The average molecular weight is 376 g/mol. The fourth-order valence-electron chi connectivity index (χ4n) is 2.90. The maximum absolute atomic E-state index is 13.6. The van der Waals surface area contributed by atoms with Gasteiger partial charge in [0.25, 0.3) is 5.91 Å². The number of piperidine rings is 1. The summed E-state index contributed by atoms with van der Waals surface area (Å²) in [5.41, 5.74) is 1.13. The Morgan fingerprint density at radius 2 is 1.69 bits per heavy atom. The van der Waals surface area contributed by atoms with Crippen molar-refractivity contribution in [3.8, 4) is 0 Å². The van der Waals surface area contributed by atoms with Crippen LogP contribution in [0.4, 0.5) is 10.1 Å². The fraction of sp³-hybridized carbons (Fsp3) is 0.316. The van der Waals surface area contributed by atoms with E-state index in [1.807, 2.05) is 0 Å². The minimum Gasteiger partial charge on any atom is -0.322 e. The van der Waals surface area contributed by atoms with Crippen molar-refractivity contribution >= 4 is 21.6 Å². The van der Waals surface area contributed by atoms with Gasteiger partial charge in [-0.1, -0.05) is 12.5 Å². The Morgan fingerprint density at radius 3 is 2.31 bits per heavy atom. The second-order valence-corrected chi connectivity index (χ2v) is 8.35. The summed E-state index contributed by atoms with van der Waals surface area (Å²) in [7, 11) is -3.50. The largest absolute Gasteiger partial charge is 0.322 e. The molecule has 0 aromatic heterocycles. The lowest BCUT2D eigenvalue weighted by atomic mass is 10.1. The Balaban J connectivity index is 1.73. The van der Waals surface area contributed by atoms with Crippen molar-refractivity contribution in [3.63, 3.8) is 0 Å². The number of carbonyl (C=O) groups excluding carboxylic acids is 1. The zero-order valence-corrected chi connectivity index (χ0v) is 15.4. The molecule has 0 unspecified atom stereocenters. The number of nitrogens with zero attached hydrogens (tertiary/aromatic N) is 1. The Bertz CT molecular complexity index is 905. The van der Waals surface area contributed by atoms with Gasteiger partial charge in [-0.15, -0.1) is 0 Å². The Labute approximate surface area is 152 Å². The number of carbonyl (C=O) groups is 1. The van der Waals surface area contributed by atoms with Crippen LogP contribution in [-0.2, 0) is 10.0 Å². The molecule has 0 bridgehead atoms. The molecule has 7 heteroatoms. The first-order valence-corrected chi connectivity index (χ1v) is 10.00. The number of amides is 1. The van der Waals surface area contributed by atoms with Crippen LogP contribution in [0.2, 0.25) is 0 Å². The molecule has 0 aliphatic carbocycles. The SMILES string of the molecule is Cc1ccc(C(=O)Nc2ccc(S(=O)(=O)N3CCCCC3)cc2)cc1F. The van der Waals surface area contributed by atoms with E-state index in [0.717, 1.165) is 19.3 Å². The standard InChI is InChI=1S/C19H21FN2O3S/c1-14-5-6-15(13-18(14)20)19(23)21-16-7-9-17(10-8-16)26(24,25)22-11-3-2-4-12-22/h5-10,13H,2-4,11-12H2,1H3,(H,21,23). The van der Waals surface area contributed by atoms with E-state index >= 15 is 0 Å². The molecule has 1 aliphatic rings. The van der Waals surface area contributed by atoms with Crippen molar-refractivity contribution in [1.82, 2.24) is 4.31 Å². The van der Waals surface area contributed by atoms with Crippen LogP contribution >= 0.6 is 0 Å². The van der Waals surface area contributed by atoms with E-state index < -0.39 is 21.7 Å². The second kappa shape index (κ2) is 7.55. The molecule has 2 aromatic carbocycles. The molecule has 1 aliphatic heterocycles. The fourth-order valence-corrected chi connectivity index (χ4v) is 4.42. The van der Waals surface area contributed by atoms with Crippen LogP contribution in [0.5, 0.6) is 0 Å².